The maximum Gasteiger partial charge on any atom is 0.257 e. The molecule has 3 aromatic rings. The van der Waals surface area contributed by atoms with Crippen LogP contribution in [0.5, 0.6) is 0 Å². The number of nitrogens with zero attached hydrogens (tertiary/aromatic N) is 1. The van der Waals surface area contributed by atoms with Crippen molar-refractivity contribution in [1.82, 2.24) is 4.98 Å². The van der Waals surface area contributed by atoms with Crippen LogP contribution in [0.25, 0.3) is 0 Å². The number of amides is 2. The van der Waals surface area contributed by atoms with Gasteiger partial charge in [-0.15, -0.1) is 0 Å². The molecular formula is C22H20N4O3. The van der Waals surface area contributed by atoms with Crippen molar-refractivity contribution < 1.29 is 14.4 Å². The zero-order valence-corrected chi connectivity index (χ0v) is 16.0. The number of carbonyl (C=O) groups is 3. The molecule has 2 aromatic carbocycles. The first-order valence-corrected chi connectivity index (χ1v) is 8.94. The van der Waals surface area contributed by atoms with E-state index in [1.807, 2.05) is 12.1 Å². The first-order valence-electron chi connectivity index (χ1n) is 8.94. The van der Waals surface area contributed by atoms with Crippen molar-refractivity contribution >= 4 is 40.5 Å². The molecular weight excluding hydrogens is 368 g/mol. The van der Waals surface area contributed by atoms with Crippen molar-refractivity contribution in [2.45, 2.75) is 13.8 Å². The monoisotopic (exact) mass is 388 g/mol. The van der Waals surface area contributed by atoms with Gasteiger partial charge in [0.2, 0.25) is 5.91 Å². The molecule has 7 nitrogen and oxygen atoms in total. The Balaban J connectivity index is 1.63. The molecule has 0 spiro atoms. The molecule has 0 atom stereocenters. The fourth-order valence-electron chi connectivity index (χ4n) is 2.61. The van der Waals surface area contributed by atoms with Gasteiger partial charge in [-0.25, -0.2) is 4.98 Å². The smallest absolute Gasteiger partial charge is 0.257 e. The van der Waals surface area contributed by atoms with Crippen LogP contribution in [0.15, 0.2) is 66.9 Å². The predicted octanol–water partition coefficient (Wildman–Crippen LogP) is 4.24. The quantitative estimate of drug-likeness (QED) is 0.549. The normalized spacial score (nSPS) is 10.1. The summed E-state index contributed by atoms with van der Waals surface area (Å²) in [7, 11) is 0. The van der Waals surface area contributed by atoms with E-state index in [1.54, 1.807) is 48.5 Å². The van der Waals surface area contributed by atoms with Crippen LogP contribution in [0.1, 0.15) is 34.6 Å². The van der Waals surface area contributed by atoms with Crippen LogP contribution in [-0.4, -0.2) is 22.6 Å². The maximum absolute atomic E-state index is 12.4. The number of hydrogen-bond acceptors (Lipinski definition) is 5. The molecule has 146 valence electrons. The van der Waals surface area contributed by atoms with Crippen molar-refractivity contribution in [2.24, 2.45) is 0 Å². The Labute approximate surface area is 168 Å². The largest absolute Gasteiger partial charge is 0.340 e. The maximum atomic E-state index is 12.4. The number of nitrogens with one attached hydrogen (secondary N) is 3. The molecule has 0 aliphatic heterocycles. The number of hydrogen-bond donors (Lipinski definition) is 3. The highest BCUT2D eigenvalue weighted by Gasteiger charge is 2.08. The van der Waals surface area contributed by atoms with E-state index >= 15 is 0 Å². The van der Waals surface area contributed by atoms with Gasteiger partial charge in [0.05, 0.1) is 5.56 Å². The van der Waals surface area contributed by atoms with Gasteiger partial charge < -0.3 is 16.0 Å². The van der Waals surface area contributed by atoms with Gasteiger partial charge in [-0.3, -0.25) is 14.4 Å². The third-order valence-electron chi connectivity index (χ3n) is 4.03. The second kappa shape index (κ2) is 8.79. The first kappa shape index (κ1) is 19.8. The van der Waals surface area contributed by atoms with E-state index in [4.69, 9.17) is 0 Å². The Bertz CT molecular complexity index is 1040. The van der Waals surface area contributed by atoms with Gasteiger partial charge in [-0.05, 0) is 55.5 Å². The van der Waals surface area contributed by atoms with Gasteiger partial charge in [0, 0.05) is 35.7 Å². The second-order valence-corrected chi connectivity index (χ2v) is 6.41. The van der Waals surface area contributed by atoms with Crippen molar-refractivity contribution in [3.05, 3.63) is 78.0 Å². The van der Waals surface area contributed by atoms with Crippen LogP contribution in [0.4, 0.5) is 22.9 Å². The number of aromatic nitrogens is 1. The third-order valence-corrected chi connectivity index (χ3v) is 4.03. The molecule has 0 aliphatic rings. The highest BCUT2D eigenvalue weighted by atomic mass is 16.2. The minimum absolute atomic E-state index is 0.0664. The average molecular weight is 388 g/mol. The lowest BCUT2D eigenvalue weighted by Crippen LogP contribution is -2.12. The topological polar surface area (TPSA) is 100 Å². The van der Waals surface area contributed by atoms with Gasteiger partial charge in [0.15, 0.2) is 5.78 Å². The minimum Gasteiger partial charge on any atom is -0.340 e. The molecule has 0 bridgehead atoms. The van der Waals surface area contributed by atoms with E-state index in [0.29, 0.717) is 28.3 Å². The number of carbonyl (C=O) groups excluding carboxylic acids is 3. The Hall–Kier alpha value is -4.00. The molecule has 7 heteroatoms. The van der Waals surface area contributed by atoms with Crippen LogP contribution in [-0.2, 0) is 4.79 Å². The molecule has 3 rings (SSSR count). The standard InChI is InChI=1S/C22H20N4O3/c1-14(27)16-4-3-5-20(12-16)26-22(29)17-6-11-21(23-13-17)25-19-9-7-18(8-10-19)24-15(2)28/h3-13H,1-2H3,(H,23,25)(H,24,28)(H,26,29). The van der Waals surface area contributed by atoms with Gasteiger partial charge in [-0.2, -0.15) is 0 Å². The van der Waals surface area contributed by atoms with E-state index in [9.17, 15) is 14.4 Å². The highest BCUT2D eigenvalue weighted by Crippen LogP contribution is 2.18. The van der Waals surface area contributed by atoms with Crippen molar-refractivity contribution in [3.8, 4) is 0 Å². The molecule has 0 saturated carbocycles. The van der Waals surface area contributed by atoms with Crippen molar-refractivity contribution in [3.63, 3.8) is 0 Å². The zero-order chi connectivity index (χ0) is 20.8. The molecule has 0 saturated heterocycles. The summed E-state index contributed by atoms with van der Waals surface area (Å²) in [6.07, 6.45) is 1.47. The summed E-state index contributed by atoms with van der Waals surface area (Å²) in [5, 5.41) is 8.59. The zero-order valence-electron chi connectivity index (χ0n) is 16.0. The number of rotatable bonds is 6. The van der Waals surface area contributed by atoms with E-state index in [-0.39, 0.29) is 17.6 Å². The molecule has 0 radical (unpaired) electrons. The molecule has 0 unspecified atom stereocenters. The Morgan fingerprint density at radius 2 is 1.48 bits per heavy atom. The van der Waals surface area contributed by atoms with E-state index in [0.717, 1.165) is 5.69 Å². The number of Topliss-reactive ketones (excluding diaryl/α,β-unsaturated/α-hetero) is 1. The molecule has 29 heavy (non-hydrogen) atoms. The molecule has 1 heterocycles. The number of ketones is 1. The first-order chi connectivity index (χ1) is 13.9. The molecule has 0 aliphatic carbocycles. The fraction of sp³-hybridized carbons (Fsp3) is 0.0909. The van der Waals surface area contributed by atoms with Crippen molar-refractivity contribution in [1.29, 1.82) is 0 Å². The third kappa shape index (κ3) is 5.49. The number of pyridine rings is 1. The Kier molecular flexibility index (Phi) is 5.99. The molecule has 0 fully saturated rings. The summed E-state index contributed by atoms with van der Waals surface area (Å²) in [6.45, 7) is 2.93. The molecule has 3 N–H and O–H groups in total. The van der Waals surface area contributed by atoms with Crippen LogP contribution in [0, 0.1) is 0 Å². The van der Waals surface area contributed by atoms with Gasteiger partial charge in [-0.1, -0.05) is 12.1 Å². The Morgan fingerprint density at radius 1 is 0.759 bits per heavy atom. The fourth-order valence-corrected chi connectivity index (χ4v) is 2.61. The molecule has 2 amide bonds. The van der Waals surface area contributed by atoms with Crippen LogP contribution >= 0.6 is 0 Å². The van der Waals surface area contributed by atoms with Gasteiger partial charge in [0.1, 0.15) is 5.82 Å². The highest BCUT2D eigenvalue weighted by molar-refractivity contribution is 6.05. The lowest BCUT2D eigenvalue weighted by molar-refractivity contribution is -0.114. The van der Waals surface area contributed by atoms with Crippen LogP contribution in [0.3, 0.4) is 0 Å². The number of benzene rings is 2. The van der Waals surface area contributed by atoms with Crippen LogP contribution < -0.4 is 16.0 Å². The van der Waals surface area contributed by atoms with E-state index < -0.39 is 0 Å². The average Bonchev–Trinajstić information content (AvgIpc) is 2.70. The summed E-state index contributed by atoms with van der Waals surface area (Å²) in [4.78, 5) is 39.2. The predicted molar refractivity (Wildman–Crippen MR) is 113 cm³/mol. The number of anilines is 4. The summed E-state index contributed by atoms with van der Waals surface area (Å²) in [6, 6.07) is 17.3. The lowest BCUT2D eigenvalue weighted by Gasteiger charge is -2.09. The van der Waals surface area contributed by atoms with Gasteiger partial charge >= 0.3 is 0 Å². The van der Waals surface area contributed by atoms with Crippen molar-refractivity contribution in [2.75, 3.05) is 16.0 Å². The summed E-state index contributed by atoms with van der Waals surface area (Å²) in [5.74, 6) is 0.0642. The summed E-state index contributed by atoms with van der Waals surface area (Å²) in [5.41, 5.74) is 2.97. The second-order valence-electron chi connectivity index (χ2n) is 6.41. The summed E-state index contributed by atoms with van der Waals surface area (Å²) < 4.78 is 0. The molecule has 1 aromatic heterocycles. The lowest BCUT2D eigenvalue weighted by atomic mass is 10.1. The van der Waals surface area contributed by atoms with E-state index in [1.165, 1.54) is 20.0 Å². The minimum atomic E-state index is -0.315. The SMILES string of the molecule is CC(=O)Nc1ccc(Nc2ccc(C(=O)Nc3cccc(C(C)=O)c3)cn2)cc1. The Morgan fingerprint density at radius 3 is 2.10 bits per heavy atom. The van der Waals surface area contributed by atoms with Crippen LogP contribution in [0.2, 0.25) is 0 Å². The van der Waals surface area contributed by atoms with Gasteiger partial charge in [0.25, 0.3) is 5.91 Å². The summed E-state index contributed by atoms with van der Waals surface area (Å²) >= 11 is 0. The van der Waals surface area contributed by atoms with E-state index in [2.05, 4.69) is 20.9 Å².